The van der Waals surface area contributed by atoms with Crippen molar-refractivity contribution in [2.45, 2.75) is 13.8 Å². The minimum atomic E-state index is 0.185. The van der Waals surface area contributed by atoms with Crippen LogP contribution >= 0.6 is 0 Å². The Labute approximate surface area is 85.6 Å². The highest BCUT2D eigenvalue weighted by atomic mass is 16.5. The predicted molar refractivity (Wildman–Crippen MR) is 55.1 cm³/mol. The van der Waals surface area contributed by atoms with E-state index in [1.54, 1.807) is 0 Å². The van der Waals surface area contributed by atoms with E-state index in [-0.39, 0.29) is 5.91 Å². The van der Waals surface area contributed by atoms with Crippen LogP contribution in [-0.4, -0.2) is 50.2 Å². The highest BCUT2D eigenvalue weighted by molar-refractivity contribution is 5.78. The maximum Gasteiger partial charge on any atom is 0.236 e. The first-order valence-corrected chi connectivity index (χ1v) is 5.26. The smallest absolute Gasteiger partial charge is 0.236 e. The van der Waals surface area contributed by atoms with Crippen LogP contribution in [0.25, 0.3) is 0 Å². The second-order valence-corrected chi connectivity index (χ2v) is 4.03. The second-order valence-electron chi connectivity index (χ2n) is 4.03. The Balaban J connectivity index is 2.07. The van der Waals surface area contributed by atoms with Crippen LogP contribution in [0.5, 0.6) is 0 Å². The van der Waals surface area contributed by atoms with Crippen LogP contribution in [0.15, 0.2) is 0 Å². The van der Waals surface area contributed by atoms with Gasteiger partial charge in [-0.05, 0) is 5.92 Å². The molecule has 0 spiro atoms. The summed E-state index contributed by atoms with van der Waals surface area (Å²) in [5, 5.41) is 3.04. The summed E-state index contributed by atoms with van der Waals surface area (Å²) in [6.07, 6.45) is 0. The van der Waals surface area contributed by atoms with Gasteiger partial charge in [-0.15, -0.1) is 0 Å². The summed E-state index contributed by atoms with van der Waals surface area (Å²) in [5.41, 5.74) is 0. The Morgan fingerprint density at radius 2 is 2.36 bits per heavy atom. The van der Waals surface area contributed by atoms with E-state index in [0.29, 0.717) is 19.1 Å². The third kappa shape index (κ3) is 4.07. The lowest BCUT2D eigenvalue weighted by Crippen LogP contribution is -2.49. The first kappa shape index (κ1) is 11.5. The first-order valence-electron chi connectivity index (χ1n) is 5.26. The molecule has 1 saturated heterocycles. The molecule has 0 aromatic carbocycles. The molecule has 1 fully saturated rings. The molecule has 14 heavy (non-hydrogen) atoms. The number of nitrogens with zero attached hydrogens (tertiary/aromatic N) is 1. The summed E-state index contributed by atoms with van der Waals surface area (Å²) < 4.78 is 5.43. The second kappa shape index (κ2) is 5.98. The molecule has 0 aromatic heterocycles. The Morgan fingerprint density at radius 1 is 1.57 bits per heavy atom. The molecular weight excluding hydrogens is 180 g/mol. The van der Waals surface area contributed by atoms with Crippen LogP contribution in [0.1, 0.15) is 13.8 Å². The maximum atomic E-state index is 11.3. The Bertz CT molecular complexity index is 183. The lowest BCUT2D eigenvalue weighted by atomic mass is 10.2. The number of carbonyl (C=O) groups is 1. The van der Waals surface area contributed by atoms with E-state index in [2.05, 4.69) is 19.2 Å². The van der Waals surface area contributed by atoms with E-state index in [4.69, 9.17) is 4.74 Å². The fourth-order valence-corrected chi connectivity index (χ4v) is 1.38. The minimum Gasteiger partial charge on any atom is -0.379 e. The molecule has 0 radical (unpaired) electrons. The summed E-state index contributed by atoms with van der Waals surface area (Å²) in [7, 11) is 0. The average molecular weight is 200 g/mol. The minimum absolute atomic E-state index is 0.185. The normalized spacial score (nSPS) is 17.9. The van der Waals surface area contributed by atoms with Crippen LogP contribution in [0.2, 0.25) is 0 Å². The van der Waals surface area contributed by atoms with Crippen molar-refractivity contribution < 1.29 is 9.53 Å². The summed E-state index contributed by atoms with van der Waals surface area (Å²) in [6.45, 7) is 8.59. The molecule has 1 aliphatic rings. The van der Waals surface area contributed by atoms with Gasteiger partial charge in [0.25, 0.3) is 0 Å². The molecule has 1 heterocycles. The van der Waals surface area contributed by atoms with Gasteiger partial charge in [-0.3, -0.25) is 4.79 Å². The van der Waals surface area contributed by atoms with Crippen molar-refractivity contribution in [2.75, 3.05) is 39.4 Å². The fourth-order valence-electron chi connectivity index (χ4n) is 1.38. The van der Waals surface area contributed by atoms with Gasteiger partial charge in [0.15, 0.2) is 0 Å². The molecule has 0 saturated carbocycles. The van der Waals surface area contributed by atoms with Gasteiger partial charge in [0.1, 0.15) is 0 Å². The van der Waals surface area contributed by atoms with E-state index in [9.17, 15) is 4.79 Å². The molecule has 0 unspecified atom stereocenters. The largest absolute Gasteiger partial charge is 0.379 e. The van der Waals surface area contributed by atoms with Crippen molar-refractivity contribution in [3.8, 4) is 0 Å². The summed E-state index contributed by atoms with van der Waals surface area (Å²) >= 11 is 0. The number of nitrogens with one attached hydrogen (secondary N) is 1. The van der Waals surface area contributed by atoms with E-state index < -0.39 is 0 Å². The average Bonchev–Trinajstić information content (AvgIpc) is 2.15. The number of rotatable bonds is 5. The lowest BCUT2D eigenvalue weighted by Gasteiger charge is -2.27. The highest BCUT2D eigenvalue weighted by Gasteiger charge is 2.16. The molecule has 1 aliphatic heterocycles. The van der Waals surface area contributed by atoms with Gasteiger partial charge in [0.2, 0.25) is 5.91 Å². The molecule has 1 amide bonds. The van der Waals surface area contributed by atoms with Gasteiger partial charge < -0.3 is 15.0 Å². The van der Waals surface area contributed by atoms with Gasteiger partial charge in [0, 0.05) is 26.2 Å². The van der Waals surface area contributed by atoms with Crippen molar-refractivity contribution in [2.24, 2.45) is 5.92 Å². The van der Waals surface area contributed by atoms with Crippen molar-refractivity contribution in [3.63, 3.8) is 0 Å². The number of hydrogen-bond acceptors (Lipinski definition) is 3. The molecule has 4 heteroatoms. The lowest BCUT2D eigenvalue weighted by molar-refractivity contribution is -0.132. The Morgan fingerprint density at radius 3 is 3.00 bits per heavy atom. The van der Waals surface area contributed by atoms with Crippen molar-refractivity contribution in [1.29, 1.82) is 0 Å². The standard InChI is InChI=1S/C10H20N2O2/c1-9(2)8-14-6-5-12-4-3-11-7-10(12)13/h9,11H,3-8H2,1-2H3. The number of amides is 1. The van der Waals surface area contributed by atoms with Crippen LogP contribution < -0.4 is 5.32 Å². The Kier molecular flexibility index (Phi) is 4.90. The van der Waals surface area contributed by atoms with Crippen molar-refractivity contribution in [1.82, 2.24) is 10.2 Å². The molecule has 82 valence electrons. The molecule has 0 aromatic rings. The van der Waals surface area contributed by atoms with Crippen molar-refractivity contribution >= 4 is 5.91 Å². The summed E-state index contributed by atoms with van der Waals surface area (Å²) in [5.74, 6) is 0.748. The van der Waals surface area contributed by atoms with Gasteiger partial charge in [-0.1, -0.05) is 13.8 Å². The number of piperazine rings is 1. The monoisotopic (exact) mass is 200 g/mol. The third-order valence-corrected chi connectivity index (χ3v) is 2.14. The van der Waals surface area contributed by atoms with E-state index in [0.717, 1.165) is 26.2 Å². The van der Waals surface area contributed by atoms with Gasteiger partial charge >= 0.3 is 0 Å². The molecular formula is C10H20N2O2. The van der Waals surface area contributed by atoms with Crippen LogP contribution in [0, 0.1) is 5.92 Å². The molecule has 0 aliphatic carbocycles. The quantitative estimate of drug-likeness (QED) is 0.640. The fraction of sp³-hybridized carbons (Fsp3) is 0.900. The van der Waals surface area contributed by atoms with E-state index in [1.807, 2.05) is 4.90 Å². The van der Waals surface area contributed by atoms with Gasteiger partial charge in [0.05, 0.1) is 13.2 Å². The molecule has 0 atom stereocenters. The van der Waals surface area contributed by atoms with Crippen LogP contribution in [0.3, 0.4) is 0 Å². The molecule has 1 rings (SSSR count). The first-order chi connectivity index (χ1) is 6.70. The topological polar surface area (TPSA) is 41.6 Å². The zero-order valence-corrected chi connectivity index (χ0v) is 9.08. The highest BCUT2D eigenvalue weighted by Crippen LogP contribution is 1.96. The van der Waals surface area contributed by atoms with Crippen LogP contribution in [0.4, 0.5) is 0 Å². The molecule has 4 nitrogen and oxygen atoms in total. The SMILES string of the molecule is CC(C)COCCN1CCNCC1=O. The maximum absolute atomic E-state index is 11.3. The number of ether oxygens (including phenoxy) is 1. The third-order valence-electron chi connectivity index (χ3n) is 2.14. The number of hydrogen-bond donors (Lipinski definition) is 1. The van der Waals surface area contributed by atoms with E-state index >= 15 is 0 Å². The van der Waals surface area contributed by atoms with E-state index in [1.165, 1.54) is 0 Å². The summed E-state index contributed by atoms with van der Waals surface area (Å²) in [4.78, 5) is 13.2. The summed E-state index contributed by atoms with van der Waals surface area (Å²) in [6, 6.07) is 0. The zero-order chi connectivity index (χ0) is 10.4. The van der Waals surface area contributed by atoms with Gasteiger partial charge in [-0.2, -0.15) is 0 Å². The molecule has 0 bridgehead atoms. The van der Waals surface area contributed by atoms with Crippen molar-refractivity contribution in [3.05, 3.63) is 0 Å². The van der Waals surface area contributed by atoms with Gasteiger partial charge in [-0.25, -0.2) is 0 Å². The zero-order valence-electron chi connectivity index (χ0n) is 9.08. The van der Waals surface area contributed by atoms with Crippen LogP contribution in [-0.2, 0) is 9.53 Å². The molecule has 1 N–H and O–H groups in total. The number of carbonyl (C=O) groups excluding carboxylic acids is 1. The Hall–Kier alpha value is -0.610. The predicted octanol–water partition coefficient (Wildman–Crippen LogP) is 0.0908.